The zero-order chi connectivity index (χ0) is 40.4. The number of rotatable bonds is 4. The van der Waals surface area contributed by atoms with E-state index in [9.17, 15) is 24.9 Å². The number of benzene rings is 2. The van der Waals surface area contributed by atoms with Crippen molar-refractivity contribution in [3.05, 3.63) is 57.8 Å². The highest BCUT2D eigenvalue weighted by Crippen LogP contribution is 2.45. The molecule has 0 aromatic heterocycles. The number of methoxy groups -OCH3 is 2. The largest absolute Gasteiger partial charge is 0.507 e. The van der Waals surface area contributed by atoms with Crippen LogP contribution in [0.5, 0.6) is 17.2 Å². The molecule has 11 heteroatoms. The molecule has 0 radical (unpaired) electrons. The number of carbonyl (C=O) groups excluding carboxylic acids is 2. The highest BCUT2D eigenvalue weighted by atomic mass is 16.5. The average Bonchev–Trinajstić information content (AvgIpc) is 3.51. The summed E-state index contributed by atoms with van der Waals surface area (Å²) in [4.78, 5) is 41.0. The number of carbonyl (C=O) groups is 2. The first-order chi connectivity index (χ1) is 26.0. The molecule has 1 fully saturated rings. The van der Waals surface area contributed by atoms with Crippen LogP contribution in [0.25, 0.3) is 10.8 Å². The highest BCUT2D eigenvalue weighted by molar-refractivity contribution is 6.16. The quantitative estimate of drug-likeness (QED) is 0.202. The van der Waals surface area contributed by atoms with E-state index in [-0.39, 0.29) is 92.2 Å². The Balaban J connectivity index is 1.72. The summed E-state index contributed by atoms with van der Waals surface area (Å²) >= 11 is 0. The minimum absolute atomic E-state index is 0.00671. The molecule has 4 N–H and O–H groups in total. The molecule has 5 rings (SSSR count). The Morgan fingerprint density at radius 2 is 1.64 bits per heavy atom. The summed E-state index contributed by atoms with van der Waals surface area (Å²) < 4.78 is 11.8. The summed E-state index contributed by atoms with van der Waals surface area (Å²) in [5.74, 6) is -0.665. The van der Waals surface area contributed by atoms with Crippen molar-refractivity contribution in [1.29, 1.82) is 0 Å². The number of hydrogen-bond donors (Lipinski definition) is 4. The fourth-order valence-electron chi connectivity index (χ4n) is 8.81. The van der Waals surface area contributed by atoms with Gasteiger partial charge in [-0.2, -0.15) is 0 Å². The zero-order valence-corrected chi connectivity index (χ0v) is 34.4. The smallest absolute Gasteiger partial charge is 0.251 e. The van der Waals surface area contributed by atoms with Gasteiger partial charge in [-0.15, -0.1) is 0 Å². The number of nitrogens with one attached hydrogen (secondary N) is 1. The number of amides is 1. The summed E-state index contributed by atoms with van der Waals surface area (Å²) in [6.45, 7) is 18.4. The molecular formula is C44H62N4O7. The first kappa shape index (κ1) is 42.1. The number of ketones is 1. The van der Waals surface area contributed by atoms with E-state index >= 15 is 0 Å². The van der Waals surface area contributed by atoms with Crippen molar-refractivity contribution in [3.8, 4) is 17.2 Å². The molecule has 2 bridgehead atoms. The molecule has 3 heterocycles. The highest BCUT2D eigenvalue weighted by Gasteiger charge is 2.39. The number of phenols is 2. The molecule has 1 spiro atoms. The molecule has 0 saturated carbocycles. The van der Waals surface area contributed by atoms with Gasteiger partial charge in [0.2, 0.25) is 0 Å². The van der Waals surface area contributed by atoms with Crippen molar-refractivity contribution < 1.29 is 34.4 Å². The van der Waals surface area contributed by atoms with Crippen LogP contribution in [-0.4, -0.2) is 83.6 Å². The number of ether oxygens (including phenoxy) is 2. The van der Waals surface area contributed by atoms with E-state index in [1.165, 1.54) is 7.11 Å². The van der Waals surface area contributed by atoms with Gasteiger partial charge in [-0.05, 0) is 50.4 Å². The van der Waals surface area contributed by atoms with Crippen LogP contribution in [0.4, 0.5) is 5.69 Å². The Hall–Kier alpha value is -4.06. The number of Topliss-reactive ketones (excluding diaryl/α,β-unsaturated/α-hetero) is 1. The van der Waals surface area contributed by atoms with E-state index in [1.807, 2.05) is 38.2 Å². The third kappa shape index (κ3) is 8.69. The summed E-state index contributed by atoms with van der Waals surface area (Å²) in [6.07, 6.45) is 11.2. The van der Waals surface area contributed by atoms with Gasteiger partial charge >= 0.3 is 0 Å². The van der Waals surface area contributed by atoms with Gasteiger partial charge in [0.25, 0.3) is 5.91 Å². The lowest BCUT2D eigenvalue weighted by atomic mass is 9.80. The van der Waals surface area contributed by atoms with Crippen molar-refractivity contribution in [3.63, 3.8) is 0 Å². The lowest BCUT2D eigenvalue weighted by Crippen LogP contribution is -2.43. The SMILES string of the molecule is COc1c(C)c(O)c2c(O)c3c4c(c2c1C(=O)C/C=C/C[C@@H](C)[C@@H](OC)[C@H](C)[C@H](O)[C@H](C)C[C@@H](C)/C=C/C=C(/C)C(=O)N3)=NC1(CCN(CC(C)C)CC1)N=4. The Kier molecular flexibility index (Phi) is 13.3. The van der Waals surface area contributed by atoms with Crippen LogP contribution in [-0.2, 0) is 9.53 Å². The van der Waals surface area contributed by atoms with E-state index in [1.54, 1.807) is 27.0 Å². The van der Waals surface area contributed by atoms with Crippen LogP contribution in [0, 0.1) is 36.5 Å². The minimum atomic E-state index is -0.866. The number of anilines is 1. The zero-order valence-electron chi connectivity index (χ0n) is 34.4. The molecular weight excluding hydrogens is 697 g/mol. The second-order valence-electron chi connectivity index (χ2n) is 16.7. The van der Waals surface area contributed by atoms with Gasteiger partial charge in [-0.25, -0.2) is 0 Å². The van der Waals surface area contributed by atoms with E-state index in [0.29, 0.717) is 36.1 Å². The van der Waals surface area contributed by atoms with Gasteiger partial charge in [-0.3, -0.25) is 19.6 Å². The first-order valence-corrected chi connectivity index (χ1v) is 19.9. The first-order valence-electron chi connectivity index (χ1n) is 19.9. The topological polar surface area (TPSA) is 153 Å². The van der Waals surface area contributed by atoms with Gasteiger partial charge < -0.3 is 35.0 Å². The summed E-state index contributed by atoms with van der Waals surface area (Å²) in [7, 11) is 3.12. The van der Waals surface area contributed by atoms with Gasteiger partial charge in [0, 0.05) is 68.4 Å². The third-order valence-corrected chi connectivity index (χ3v) is 11.8. The molecule has 3 aliphatic rings. The fourth-order valence-corrected chi connectivity index (χ4v) is 8.81. The van der Waals surface area contributed by atoms with Crippen LogP contribution >= 0.6 is 0 Å². The van der Waals surface area contributed by atoms with Gasteiger partial charge in [0.15, 0.2) is 17.2 Å². The predicted octanol–water partition coefficient (Wildman–Crippen LogP) is 6.55. The molecule has 0 aliphatic carbocycles. The molecule has 11 nitrogen and oxygen atoms in total. The van der Waals surface area contributed by atoms with Crippen molar-refractivity contribution in [2.75, 3.05) is 39.2 Å². The summed E-state index contributed by atoms with van der Waals surface area (Å²) in [5, 5.41) is 38.9. The van der Waals surface area contributed by atoms with Crippen molar-refractivity contribution in [2.45, 2.75) is 105 Å². The van der Waals surface area contributed by atoms with Gasteiger partial charge in [0.05, 0.1) is 35.6 Å². The number of allylic oxidation sites excluding steroid dienone is 5. The molecule has 2 aromatic rings. The lowest BCUT2D eigenvalue weighted by Gasteiger charge is -2.36. The second-order valence-corrected chi connectivity index (χ2v) is 16.7. The number of aliphatic hydroxyl groups is 1. The maximum absolute atomic E-state index is 14.4. The Labute approximate surface area is 325 Å². The minimum Gasteiger partial charge on any atom is -0.507 e. The van der Waals surface area contributed by atoms with Gasteiger partial charge in [-0.1, -0.05) is 71.9 Å². The van der Waals surface area contributed by atoms with Gasteiger partial charge in [0.1, 0.15) is 22.5 Å². The van der Waals surface area contributed by atoms with Crippen LogP contribution in [0.15, 0.2) is 45.9 Å². The average molecular weight is 759 g/mol. The van der Waals surface area contributed by atoms with E-state index in [0.717, 1.165) is 26.1 Å². The van der Waals surface area contributed by atoms with Crippen LogP contribution in [0.3, 0.4) is 0 Å². The summed E-state index contributed by atoms with van der Waals surface area (Å²) in [5.41, 5.74) is 0.0310. The van der Waals surface area contributed by atoms with Crippen LogP contribution in [0.2, 0.25) is 0 Å². The number of piperidine rings is 1. The molecule has 1 amide bonds. The number of hydrogen-bond acceptors (Lipinski definition) is 10. The van der Waals surface area contributed by atoms with E-state index in [4.69, 9.17) is 19.5 Å². The Bertz CT molecular complexity index is 1990. The molecule has 0 unspecified atom stereocenters. The van der Waals surface area contributed by atoms with Crippen molar-refractivity contribution in [1.82, 2.24) is 4.90 Å². The maximum Gasteiger partial charge on any atom is 0.251 e. The second kappa shape index (κ2) is 17.4. The standard InChI is InChI=1S/C44H62N4O7/c1-24(2)23-48-20-18-44(19-21-48)46-35-33-32-31(49)17-12-11-15-26(4)41(54-9)29(7)38(50)28(6)22-25(3)14-13-16-27(5)43(53)45-37(36(35)47-44)40(52)34(33)39(51)30(8)42(32)55-10/h11-14,16,24-26,28-29,38,41,50-52H,15,17-23H2,1-10H3,(H,45,53)/b12-11+,14-13+,27-16-/t25-,26+,28+,29+,38+,41+/m0/s1. The molecule has 3 aliphatic heterocycles. The molecule has 55 heavy (non-hydrogen) atoms. The molecule has 6 atom stereocenters. The molecule has 2 aromatic carbocycles. The maximum atomic E-state index is 14.4. The normalized spacial score (nSPS) is 29.1. The Morgan fingerprint density at radius 1 is 0.964 bits per heavy atom. The third-order valence-electron chi connectivity index (χ3n) is 11.8. The van der Waals surface area contributed by atoms with E-state index < -0.39 is 17.7 Å². The van der Waals surface area contributed by atoms with E-state index in [2.05, 4.69) is 37.9 Å². The Morgan fingerprint density at radius 3 is 2.27 bits per heavy atom. The number of phenolic OH excluding ortho intramolecular Hbond substituents is 2. The number of likely N-dealkylation sites (tertiary alicyclic amines) is 1. The molecule has 1 saturated heterocycles. The fraction of sp³-hybridized carbons (Fsp3) is 0.591. The van der Waals surface area contributed by atoms with Crippen molar-refractivity contribution >= 4 is 28.2 Å². The van der Waals surface area contributed by atoms with Crippen molar-refractivity contribution in [2.24, 2.45) is 39.6 Å². The van der Waals surface area contributed by atoms with Crippen LogP contribution < -0.4 is 20.8 Å². The predicted molar refractivity (Wildman–Crippen MR) is 216 cm³/mol. The number of aliphatic hydroxyl groups excluding tert-OH is 1. The van der Waals surface area contributed by atoms with Crippen LogP contribution in [0.1, 0.15) is 96.5 Å². The lowest BCUT2D eigenvalue weighted by molar-refractivity contribution is -0.112. The monoisotopic (exact) mass is 758 g/mol. The number of aromatic hydroxyl groups is 2. The molecule has 300 valence electrons. The summed E-state index contributed by atoms with van der Waals surface area (Å²) in [6, 6.07) is 0. The number of nitrogens with zero attached hydrogens (tertiary/aromatic N) is 3.